The van der Waals surface area contributed by atoms with Gasteiger partial charge in [0.2, 0.25) is 5.95 Å². The number of benzene rings is 1. The lowest BCUT2D eigenvalue weighted by atomic mass is 9.95. The second kappa shape index (κ2) is 6.51. The molecule has 7 nitrogen and oxygen atoms in total. The first kappa shape index (κ1) is 16.3. The second-order valence-corrected chi connectivity index (χ2v) is 6.46. The number of likely N-dealkylation sites (tertiary alicyclic amines) is 1. The number of hydrogen-bond acceptors (Lipinski definition) is 5. The summed E-state index contributed by atoms with van der Waals surface area (Å²) < 4.78 is 1.60. The third-order valence-corrected chi connectivity index (χ3v) is 4.59. The standard InChI is InChI=1S/C17H24N6O/c1-21(2)14-6-4-13(5-7-14)16(24)23-10-8-12(9-11-23)15-19-17(18)22(3)20-15/h4-7,12H,8-11H2,1-3H3,(H2,18,19,20). The average Bonchev–Trinajstić information content (AvgIpc) is 2.93. The van der Waals surface area contributed by atoms with Crippen LogP contribution in [0.4, 0.5) is 11.6 Å². The zero-order valence-corrected chi connectivity index (χ0v) is 14.4. The van der Waals surface area contributed by atoms with Crippen molar-refractivity contribution in [1.82, 2.24) is 19.7 Å². The zero-order chi connectivity index (χ0) is 17.3. The smallest absolute Gasteiger partial charge is 0.253 e. The number of nitrogens with zero attached hydrogens (tertiary/aromatic N) is 5. The Balaban J connectivity index is 1.62. The van der Waals surface area contributed by atoms with Gasteiger partial charge >= 0.3 is 0 Å². The number of piperidine rings is 1. The molecule has 1 aliphatic rings. The molecule has 2 heterocycles. The van der Waals surface area contributed by atoms with Crippen molar-refractivity contribution in [1.29, 1.82) is 0 Å². The van der Waals surface area contributed by atoms with E-state index in [2.05, 4.69) is 10.1 Å². The molecule has 0 saturated carbocycles. The molecule has 1 amide bonds. The monoisotopic (exact) mass is 328 g/mol. The number of aryl methyl sites for hydroxylation is 1. The molecule has 0 bridgehead atoms. The van der Waals surface area contributed by atoms with E-state index in [1.54, 1.807) is 11.7 Å². The van der Waals surface area contributed by atoms with Crippen LogP contribution in [0.25, 0.3) is 0 Å². The molecule has 0 atom stereocenters. The summed E-state index contributed by atoms with van der Waals surface area (Å²) in [5.74, 6) is 1.59. The fraction of sp³-hybridized carbons (Fsp3) is 0.471. The van der Waals surface area contributed by atoms with Crippen molar-refractivity contribution < 1.29 is 4.79 Å². The maximum atomic E-state index is 12.6. The van der Waals surface area contributed by atoms with E-state index in [-0.39, 0.29) is 11.8 Å². The van der Waals surface area contributed by atoms with Gasteiger partial charge in [0.1, 0.15) is 0 Å². The van der Waals surface area contributed by atoms with Crippen molar-refractivity contribution in [3.8, 4) is 0 Å². The van der Waals surface area contributed by atoms with Gasteiger partial charge in [0, 0.05) is 51.4 Å². The van der Waals surface area contributed by atoms with Crippen molar-refractivity contribution in [3.63, 3.8) is 0 Å². The number of nitrogens with two attached hydrogens (primary N) is 1. The van der Waals surface area contributed by atoms with Gasteiger partial charge in [0.15, 0.2) is 5.82 Å². The van der Waals surface area contributed by atoms with E-state index >= 15 is 0 Å². The van der Waals surface area contributed by atoms with Crippen LogP contribution in [0.2, 0.25) is 0 Å². The summed E-state index contributed by atoms with van der Waals surface area (Å²) in [5.41, 5.74) is 7.58. The maximum Gasteiger partial charge on any atom is 0.253 e. The van der Waals surface area contributed by atoms with Gasteiger partial charge in [-0.1, -0.05) is 0 Å². The van der Waals surface area contributed by atoms with Crippen LogP contribution in [0.3, 0.4) is 0 Å². The lowest BCUT2D eigenvalue weighted by Gasteiger charge is -2.31. The van der Waals surface area contributed by atoms with Gasteiger partial charge in [-0.05, 0) is 37.1 Å². The van der Waals surface area contributed by atoms with Crippen molar-refractivity contribution in [2.24, 2.45) is 7.05 Å². The molecule has 0 radical (unpaired) electrons. The normalized spacial score (nSPS) is 15.5. The van der Waals surface area contributed by atoms with Crippen LogP contribution in [0.15, 0.2) is 24.3 Å². The molecule has 3 rings (SSSR count). The van der Waals surface area contributed by atoms with E-state index in [1.807, 2.05) is 48.2 Å². The second-order valence-electron chi connectivity index (χ2n) is 6.46. The third-order valence-electron chi connectivity index (χ3n) is 4.59. The van der Waals surface area contributed by atoms with E-state index < -0.39 is 0 Å². The Hall–Kier alpha value is -2.57. The first-order valence-corrected chi connectivity index (χ1v) is 8.19. The number of anilines is 2. The molecule has 2 aromatic rings. The number of carbonyl (C=O) groups excluding carboxylic acids is 1. The van der Waals surface area contributed by atoms with Crippen LogP contribution in [-0.4, -0.2) is 52.8 Å². The molecule has 1 aliphatic heterocycles. The summed E-state index contributed by atoms with van der Waals surface area (Å²) in [4.78, 5) is 20.9. The summed E-state index contributed by atoms with van der Waals surface area (Å²) in [6.45, 7) is 1.44. The first-order valence-electron chi connectivity index (χ1n) is 8.19. The largest absolute Gasteiger partial charge is 0.378 e. The summed E-state index contributed by atoms with van der Waals surface area (Å²) >= 11 is 0. The number of amides is 1. The highest BCUT2D eigenvalue weighted by Crippen LogP contribution is 2.27. The SMILES string of the molecule is CN(C)c1ccc(C(=O)N2CCC(c3nc(N)n(C)n3)CC2)cc1. The van der Waals surface area contributed by atoms with Crippen LogP contribution in [0.5, 0.6) is 0 Å². The molecule has 0 spiro atoms. The minimum atomic E-state index is 0.0900. The van der Waals surface area contributed by atoms with Crippen molar-refractivity contribution in [2.75, 3.05) is 37.8 Å². The Morgan fingerprint density at radius 3 is 2.33 bits per heavy atom. The highest BCUT2D eigenvalue weighted by molar-refractivity contribution is 5.94. The Bertz CT molecular complexity index is 694. The van der Waals surface area contributed by atoms with Gasteiger partial charge in [0.25, 0.3) is 5.91 Å². The van der Waals surface area contributed by atoms with Crippen LogP contribution < -0.4 is 10.6 Å². The molecular weight excluding hydrogens is 304 g/mol. The van der Waals surface area contributed by atoms with E-state index in [0.29, 0.717) is 5.95 Å². The number of hydrogen-bond donors (Lipinski definition) is 1. The number of nitrogen functional groups attached to an aromatic ring is 1. The summed E-state index contributed by atoms with van der Waals surface area (Å²) in [6.07, 6.45) is 1.73. The lowest BCUT2D eigenvalue weighted by Crippen LogP contribution is -2.38. The minimum Gasteiger partial charge on any atom is -0.378 e. The zero-order valence-electron chi connectivity index (χ0n) is 14.4. The topological polar surface area (TPSA) is 80.3 Å². The van der Waals surface area contributed by atoms with Crippen LogP contribution in [0.1, 0.15) is 34.9 Å². The van der Waals surface area contributed by atoms with Gasteiger partial charge < -0.3 is 15.5 Å². The highest BCUT2D eigenvalue weighted by Gasteiger charge is 2.27. The van der Waals surface area contributed by atoms with Crippen LogP contribution in [0, 0.1) is 0 Å². The molecule has 1 aromatic heterocycles. The van der Waals surface area contributed by atoms with Gasteiger partial charge in [-0.15, -0.1) is 0 Å². The average molecular weight is 328 g/mol. The van der Waals surface area contributed by atoms with Gasteiger partial charge in [-0.3, -0.25) is 4.79 Å². The number of carbonyl (C=O) groups is 1. The Labute approximate surface area is 142 Å². The number of rotatable bonds is 3. The molecule has 0 aliphatic carbocycles. The highest BCUT2D eigenvalue weighted by atomic mass is 16.2. The first-order chi connectivity index (χ1) is 11.5. The van der Waals surface area contributed by atoms with Crippen molar-refractivity contribution in [3.05, 3.63) is 35.7 Å². The summed E-state index contributed by atoms with van der Waals surface area (Å²) in [7, 11) is 5.77. The molecule has 1 saturated heterocycles. The molecule has 1 aromatic carbocycles. The molecule has 1 fully saturated rings. The van der Waals surface area contributed by atoms with Crippen LogP contribution in [-0.2, 0) is 7.05 Å². The van der Waals surface area contributed by atoms with Crippen molar-refractivity contribution in [2.45, 2.75) is 18.8 Å². The molecule has 2 N–H and O–H groups in total. The molecular formula is C17H24N6O. The van der Waals surface area contributed by atoms with Crippen LogP contribution >= 0.6 is 0 Å². The van der Waals surface area contributed by atoms with Gasteiger partial charge in [-0.2, -0.15) is 10.1 Å². The van der Waals surface area contributed by atoms with E-state index in [9.17, 15) is 4.79 Å². The fourth-order valence-electron chi connectivity index (χ4n) is 3.02. The van der Waals surface area contributed by atoms with Gasteiger partial charge in [0.05, 0.1) is 0 Å². The van der Waals surface area contributed by atoms with E-state index in [1.165, 1.54) is 0 Å². The van der Waals surface area contributed by atoms with Gasteiger partial charge in [-0.25, -0.2) is 4.68 Å². The molecule has 24 heavy (non-hydrogen) atoms. The van der Waals surface area contributed by atoms with E-state index in [0.717, 1.165) is 43.0 Å². The third kappa shape index (κ3) is 3.20. The summed E-state index contributed by atoms with van der Waals surface area (Å²) in [5, 5.41) is 4.36. The maximum absolute atomic E-state index is 12.6. The molecule has 0 unspecified atom stereocenters. The fourth-order valence-corrected chi connectivity index (χ4v) is 3.02. The Kier molecular flexibility index (Phi) is 4.42. The van der Waals surface area contributed by atoms with E-state index in [4.69, 9.17) is 5.73 Å². The molecule has 7 heteroatoms. The van der Waals surface area contributed by atoms with Crippen molar-refractivity contribution >= 4 is 17.5 Å². The lowest BCUT2D eigenvalue weighted by molar-refractivity contribution is 0.0711. The predicted molar refractivity (Wildman–Crippen MR) is 94.1 cm³/mol. The molecule has 128 valence electrons. The summed E-state index contributed by atoms with van der Waals surface area (Å²) in [6, 6.07) is 7.73. The number of aromatic nitrogens is 3. The Morgan fingerprint density at radius 2 is 1.83 bits per heavy atom. The minimum absolute atomic E-state index is 0.0900. The quantitative estimate of drug-likeness (QED) is 0.923. The Morgan fingerprint density at radius 1 is 1.21 bits per heavy atom. The predicted octanol–water partition coefficient (Wildman–Crippen LogP) is 1.48.